The Labute approximate surface area is 108 Å². The number of amides is 1. The number of anilines is 1. The molecule has 2 aromatic carbocycles. The third-order valence-corrected chi connectivity index (χ3v) is 2.64. The number of rotatable bonds is 2. The van der Waals surface area contributed by atoms with Gasteiger partial charge < -0.3 is 10.4 Å². The molecule has 2 rings (SSSR count). The van der Waals surface area contributed by atoms with Gasteiger partial charge in [-0.3, -0.25) is 4.79 Å². The summed E-state index contributed by atoms with van der Waals surface area (Å²) in [5.41, 5.74) is 0.755. The van der Waals surface area contributed by atoms with E-state index in [1.54, 1.807) is 6.92 Å². The van der Waals surface area contributed by atoms with Crippen molar-refractivity contribution in [2.75, 3.05) is 5.32 Å². The second-order valence-corrected chi connectivity index (χ2v) is 4.08. The first-order chi connectivity index (χ1) is 8.97. The third kappa shape index (κ3) is 2.88. The largest absolute Gasteiger partial charge is 0.505 e. The summed E-state index contributed by atoms with van der Waals surface area (Å²) in [6.07, 6.45) is 0. The van der Waals surface area contributed by atoms with Gasteiger partial charge in [0.05, 0.1) is 0 Å². The van der Waals surface area contributed by atoms with Crippen molar-refractivity contribution in [3.8, 4) is 5.75 Å². The molecule has 0 aliphatic heterocycles. The Balaban J connectivity index is 2.20. The van der Waals surface area contributed by atoms with Gasteiger partial charge in [-0.25, -0.2) is 8.78 Å². The van der Waals surface area contributed by atoms with E-state index >= 15 is 0 Å². The van der Waals surface area contributed by atoms with Gasteiger partial charge in [-0.1, -0.05) is 6.07 Å². The van der Waals surface area contributed by atoms with E-state index in [4.69, 9.17) is 5.11 Å². The van der Waals surface area contributed by atoms with Crippen LogP contribution in [0.2, 0.25) is 0 Å². The van der Waals surface area contributed by atoms with E-state index in [-0.39, 0.29) is 11.3 Å². The first-order valence-corrected chi connectivity index (χ1v) is 5.53. The minimum atomic E-state index is -0.840. The minimum Gasteiger partial charge on any atom is -0.505 e. The highest BCUT2D eigenvalue weighted by atomic mass is 19.1. The summed E-state index contributed by atoms with van der Waals surface area (Å²) in [6.45, 7) is 1.59. The van der Waals surface area contributed by atoms with Gasteiger partial charge in [0.15, 0.2) is 11.6 Å². The summed E-state index contributed by atoms with van der Waals surface area (Å²) in [7, 11) is 0. The van der Waals surface area contributed by atoms with Gasteiger partial charge in [-0.2, -0.15) is 0 Å². The van der Waals surface area contributed by atoms with Crippen LogP contribution >= 0.6 is 0 Å². The molecule has 0 aliphatic rings. The number of hydrogen-bond acceptors (Lipinski definition) is 2. The zero-order chi connectivity index (χ0) is 14.0. The highest BCUT2D eigenvalue weighted by Crippen LogP contribution is 2.20. The van der Waals surface area contributed by atoms with E-state index < -0.39 is 23.3 Å². The predicted molar refractivity (Wildman–Crippen MR) is 67.2 cm³/mol. The highest BCUT2D eigenvalue weighted by Gasteiger charge is 2.09. The monoisotopic (exact) mass is 263 g/mol. The SMILES string of the molecule is Cc1ccc(C(=O)Nc2ccc(O)c(F)c2)cc1F. The molecule has 19 heavy (non-hydrogen) atoms. The van der Waals surface area contributed by atoms with Gasteiger partial charge in [0.2, 0.25) is 0 Å². The van der Waals surface area contributed by atoms with E-state index in [9.17, 15) is 13.6 Å². The van der Waals surface area contributed by atoms with Crippen LogP contribution in [0.25, 0.3) is 0 Å². The summed E-state index contributed by atoms with van der Waals surface area (Å²) in [4.78, 5) is 11.8. The molecular formula is C14H11F2NO2. The van der Waals surface area contributed by atoms with Crippen molar-refractivity contribution >= 4 is 11.6 Å². The Bertz CT molecular complexity index is 641. The lowest BCUT2D eigenvalue weighted by Gasteiger charge is -2.06. The molecule has 0 saturated heterocycles. The fraction of sp³-hybridized carbons (Fsp3) is 0.0714. The Morgan fingerprint density at radius 1 is 1.11 bits per heavy atom. The molecule has 0 saturated carbocycles. The second-order valence-electron chi connectivity index (χ2n) is 4.08. The number of carbonyl (C=O) groups is 1. The predicted octanol–water partition coefficient (Wildman–Crippen LogP) is 3.23. The summed E-state index contributed by atoms with van der Waals surface area (Å²) in [5.74, 6) is -2.37. The molecule has 5 heteroatoms. The molecule has 0 bridgehead atoms. The average Bonchev–Trinajstić information content (AvgIpc) is 2.37. The highest BCUT2D eigenvalue weighted by molar-refractivity contribution is 6.04. The van der Waals surface area contributed by atoms with E-state index in [0.29, 0.717) is 5.56 Å². The van der Waals surface area contributed by atoms with Gasteiger partial charge in [-0.15, -0.1) is 0 Å². The number of halogens is 2. The number of aryl methyl sites for hydroxylation is 1. The van der Waals surface area contributed by atoms with Crippen LogP contribution in [0.4, 0.5) is 14.5 Å². The van der Waals surface area contributed by atoms with Crippen molar-refractivity contribution < 1.29 is 18.7 Å². The number of phenols is 1. The lowest BCUT2D eigenvalue weighted by molar-refractivity contribution is 0.102. The maximum atomic E-state index is 13.3. The number of phenolic OH excluding ortho intramolecular Hbond substituents is 1. The van der Waals surface area contributed by atoms with Gasteiger partial charge in [0.1, 0.15) is 5.82 Å². The van der Waals surface area contributed by atoms with Crippen LogP contribution in [0, 0.1) is 18.6 Å². The molecule has 0 unspecified atom stereocenters. The summed E-state index contributed by atoms with van der Waals surface area (Å²) >= 11 is 0. The zero-order valence-corrected chi connectivity index (χ0v) is 10.1. The van der Waals surface area contributed by atoms with Crippen LogP contribution in [0.5, 0.6) is 5.75 Å². The zero-order valence-electron chi connectivity index (χ0n) is 10.1. The summed E-state index contributed by atoms with van der Waals surface area (Å²) < 4.78 is 26.4. The van der Waals surface area contributed by atoms with E-state index in [0.717, 1.165) is 18.2 Å². The molecular weight excluding hydrogens is 252 g/mol. The Hall–Kier alpha value is -2.43. The molecule has 0 heterocycles. The molecule has 0 fully saturated rings. The van der Waals surface area contributed by atoms with Gasteiger partial charge in [0.25, 0.3) is 5.91 Å². The number of aromatic hydroxyl groups is 1. The van der Waals surface area contributed by atoms with Crippen molar-refractivity contribution in [3.05, 3.63) is 59.2 Å². The molecule has 0 radical (unpaired) electrons. The van der Waals surface area contributed by atoms with E-state index in [1.807, 2.05) is 0 Å². The van der Waals surface area contributed by atoms with Crippen molar-refractivity contribution in [1.82, 2.24) is 0 Å². The fourth-order valence-electron chi connectivity index (χ4n) is 1.52. The van der Waals surface area contributed by atoms with Crippen LogP contribution in [0.1, 0.15) is 15.9 Å². The normalized spacial score (nSPS) is 10.3. The molecule has 1 amide bonds. The second kappa shape index (κ2) is 5.06. The Kier molecular flexibility index (Phi) is 3.46. The first-order valence-electron chi connectivity index (χ1n) is 5.53. The third-order valence-electron chi connectivity index (χ3n) is 2.64. The number of hydrogen-bond donors (Lipinski definition) is 2. The van der Waals surface area contributed by atoms with Crippen LogP contribution in [-0.2, 0) is 0 Å². The Morgan fingerprint density at radius 3 is 2.47 bits per heavy atom. The van der Waals surface area contributed by atoms with Crippen LogP contribution in [0.3, 0.4) is 0 Å². The summed E-state index contributed by atoms with van der Waals surface area (Å²) in [5, 5.41) is 11.4. The quantitative estimate of drug-likeness (QED) is 0.817. The fourth-order valence-corrected chi connectivity index (χ4v) is 1.52. The molecule has 2 N–H and O–H groups in total. The van der Waals surface area contributed by atoms with E-state index in [1.165, 1.54) is 18.2 Å². The van der Waals surface area contributed by atoms with Crippen LogP contribution in [-0.4, -0.2) is 11.0 Å². The van der Waals surface area contributed by atoms with Crippen molar-refractivity contribution in [2.45, 2.75) is 6.92 Å². The van der Waals surface area contributed by atoms with Gasteiger partial charge >= 0.3 is 0 Å². The standard InChI is InChI=1S/C14H11F2NO2/c1-8-2-3-9(6-11(8)15)14(19)17-10-4-5-13(18)12(16)7-10/h2-7,18H,1H3,(H,17,19). The summed E-state index contributed by atoms with van der Waals surface area (Å²) in [6, 6.07) is 7.53. The molecule has 0 aliphatic carbocycles. The lowest BCUT2D eigenvalue weighted by Crippen LogP contribution is -2.12. The van der Waals surface area contributed by atoms with Crippen molar-refractivity contribution in [2.24, 2.45) is 0 Å². The van der Waals surface area contributed by atoms with Crippen LogP contribution in [0.15, 0.2) is 36.4 Å². The average molecular weight is 263 g/mol. The van der Waals surface area contributed by atoms with Gasteiger partial charge in [-0.05, 0) is 36.8 Å². The molecule has 0 spiro atoms. The number of nitrogens with one attached hydrogen (secondary N) is 1. The molecule has 0 aromatic heterocycles. The smallest absolute Gasteiger partial charge is 0.255 e. The minimum absolute atomic E-state index is 0.136. The Morgan fingerprint density at radius 2 is 1.84 bits per heavy atom. The molecule has 2 aromatic rings. The van der Waals surface area contributed by atoms with E-state index in [2.05, 4.69) is 5.32 Å². The number of benzene rings is 2. The van der Waals surface area contributed by atoms with Crippen LogP contribution < -0.4 is 5.32 Å². The molecule has 3 nitrogen and oxygen atoms in total. The lowest BCUT2D eigenvalue weighted by atomic mass is 10.1. The first kappa shape index (κ1) is 13.0. The molecule has 0 atom stereocenters. The topological polar surface area (TPSA) is 49.3 Å². The van der Waals surface area contributed by atoms with Crippen molar-refractivity contribution in [3.63, 3.8) is 0 Å². The molecule has 98 valence electrons. The van der Waals surface area contributed by atoms with Crippen molar-refractivity contribution in [1.29, 1.82) is 0 Å². The van der Waals surface area contributed by atoms with Gasteiger partial charge in [0, 0.05) is 17.3 Å². The number of carbonyl (C=O) groups excluding carboxylic acids is 1. The maximum absolute atomic E-state index is 13.3. The maximum Gasteiger partial charge on any atom is 0.255 e.